The van der Waals surface area contributed by atoms with Crippen LogP contribution in [-0.4, -0.2) is 30.6 Å². The topological polar surface area (TPSA) is 15.7 Å². The van der Waals surface area contributed by atoms with E-state index < -0.39 is 0 Å². The Kier molecular flexibility index (Phi) is 2.95. The first-order valence-corrected chi connectivity index (χ1v) is 9.13. The van der Waals surface area contributed by atoms with E-state index in [1.807, 2.05) is 0 Å². The number of para-hydroxylation sites is 2. The molecule has 4 aliphatic heterocycles. The number of fused-ring (bicyclic) bond motifs is 4. The molecule has 0 aliphatic carbocycles. The van der Waals surface area contributed by atoms with E-state index in [2.05, 4.69) is 50.9 Å². The van der Waals surface area contributed by atoms with Gasteiger partial charge < -0.3 is 14.5 Å². The van der Waals surface area contributed by atoms with Crippen LogP contribution < -0.4 is 9.64 Å². The number of hydrogen-bond donors (Lipinski definition) is 0. The van der Waals surface area contributed by atoms with Gasteiger partial charge in [0.05, 0.1) is 5.69 Å². The normalized spacial score (nSPS) is 32.8. The third kappa shape index (κ3) is 1.90. The molecule has 3 fully saturated rings. The van der Waals surface area contributed by atoms with E-state index in [0.717, 1.165) is 11.7 Å². The molecule has 1 aromatic heterocycles. The van der Waals surface area contributed by atoms with Gasteiger partial charge in [0, 0.05) is 18.2 Å². The van der Waals surface area contributed by atoms with Crippen molar-refractivity contribution in [2.75, 3.05) is 24.5 Å². The summed E-state index contributed by atoms with van der Waals surface area (Å²) in [5.74, 6) is 1.84. The average molecular weight is 312 g/mol. The molecule has 114 valence electrons. The van der Waals surface area contributed by atoms with Crippen molar-refractivity contribution in [3.63, 3.8) is 0 Å². The summed E-state index contributed by atoms with van der Waals surface area (Å²) in [6, 6.07) is 11.3. The largest absolute Gasteiger partial charge is 0.464 e. The first-order valence-electron chi connectivity index (χ1n) is 8.18. The highest BCUT2D eigenvalue weighted by atomic mass is 32.1. The van der Waals surface area contributed by atoms with Crippen LogP contribution in [0.4, 0.5) is 5.69 Å². The molecule has 3 nitrogen and oxygen atoms in total. The fourth-order valence-corrected chi connectivity index (χ4v) is 4.99. The predicted octanol–water partition coefficient (Wildman–Crippen LogP) is 3.74. The zero-order valence-electron chi connectivity index (χ0n) is 12.5. The number of thiophene rings is 1. The Morgan fingerprint density at radius 2 is 1.95 bits per heavy atom. The van der Waals surface area contributed by atoms with Crippen LogP contribution in [-0.2, 0) is 0 Å². The fraction of sp³-hybridized carbons (Fsp3) is 0.444. The number of piperidine rings is 3. The summed E-state index contributed by atoms with van der Waals surface area (Å²) >= 11 is 1.75. The molecular formula is C18H20N2OS. The second-order valence-electron chi connectivity index (χ2n) is 6.61. The second-order valence-corrected chi connectivity index (χ2v) is 7.39. The van der Waals surface area contributed by atoms with E-state index in [1.54, 1.807) is 11.3 Å². The monoisotopic (exact) mass is 312 g/mol. The van der Waals surface area contributed by atoms with Crippen molar-refractivity contribution in [2.45, 2.75) is 25.1 Å². The molecule has 4 aliphatic rings. The lowest BCUT2D eigenvalue weighted by Crippen LogP contribution is -2.57. The van der Waals surface area contributed by atoms with E-state index in [1.165, 1.54) is 43.7 Å². The van der Waals surface area contributed by atoms with Gasteiger partial charge in [-0.05, 0) is 60.8 Å². The van der Waals surface area contributed by atoms with E-state index in [9.17, 15) is 0 Å². The van der Waals surface area contributed by atoms with Crippen molar-refractivity contribution in [2.24, 2.45) is 5.92 Å². The lowest BCUT2D eigenvalue weighted by atomic mass is 9.82. The maximum atomic E-state index is 6.34. The molecule has 3 saturated heterocycles. The van der Waals surface area contributed by atoms with Gasteiger partial charge >= 0.3 is 0 Å². The molecular weight excluding hydrogens is 292 g/mol. The molecule has 0 radical (unpaired) electrons. The van der Waals surface area contributed by atoms with Gasteiger partial charge in [-0.15, -0.1) is 0 Å². The summed E-state index contributed by atoms with van der Waals surface area (Å²) in [6.45, 7) is 3.74. The van der Waals surface area contributed by atoms with Crippen molar-refractivity contribution in [3.8, 4) is 5.75 Å². The molecule has 1 unspecified atom stereocenters. The summed E-state index contributed by atoms with van der Waals surface area (Å²) in [5.41, 5.74) is 2.56. The molecule has 0 amide bonds. The van der Waals surface area contributed by atoms with Crippen LogP contribution in [0.15, 0.2) is 41.1 Å². The summed E-state index contributed by atoms with van der Waals surface area (Å²) < 4.78 is 6.34. The molecule has 0 N–H and O–H groups in total. The highest BCUT2D eigenvalue weighted by molar-refractivity contribution is 7.08. The number of benzene rings is 1. The van der Waals surface area contributed by atoms with Crippen LogP contribution >= 0.6 is 11.3 Å². The number of rotatable bonds is 2. The van der Waals surface area contributed by atoms with Gasteiger partial charge in [0.15, 0.2) is 6.23 Å². The number of hydrogen-bond acceptors (Lipinski definition) is 4. The van der Waals surface area contributed by atoms with Gasteiger partial charge in [-0.2, -0.15) is 11.3 Å². The maximum Gasteiger partial charge on any atom is 0.200 e. The van der Waals surface area contributed by atoms with Crippen LogP contribution in [0.1, 0.15) is 24.6 Å². The Morgan fingerprint density at radius 3 is 2.68 bits per heavy atom. The number of ether oxygens (including phenoxy) is 1. The van der Waals surface area contributed by atoms with Gasteiger partial charge in [-0.1, -0.05) is 12.1 Å². The Bertz CT molecular complexity index is 663. The highest BCUT2D eigenvalue weighted by Gasteiger charge is 2.44. The molecule has 0 spiro atoms. The third-order valence-corrected chi connectivity index (χ3v) is 6.14. The summed E-state index contributed by atoms with van der Waals surface area (Å²) in [6.07, 6.45) is 2.72. The van der Waals surface area contributed by atoms with Crippen molar-refractivity contribution < 1.29 is 4.74 Å². The first kappa shape index (κ1) is 13.0. The SMILES string of the molecule is c1ccc2c(c1)O[C@@H](c1ccsc1)N2C1CN2CCC1CC2. The average Bonchev–Trinajstić information content (AvgIpc) is 3.23. The minimum atomic E-state index is 0.0502. The quantitative estimate of drug-likeness (QED) is 0.840. The Hall–Kier alpha value is -1.52. The van der Waals surface area contributed by atoms with E-state index in [-0.39, 0.29) is 6.23 Å². The molecule has 0 saturated carbocycles. The molecule has 2 aromatic rings. The second kappa shape index (κ2) is 5.00. The fourth-order valence-electron chi connectivity index (χ4n) is 4.32. The summed E-state index contributed by atoms with van der Waals surface area (Å²) in [7, 11) is 0. The van der Waals surface area contributed by atoms with Crippen molar-refractivity contribution in [1.29, 1.82) is 0 Å². The van der Waals surface area contributed by atoms with Gasteiger partial charge in [0.2, 0.25) is 0 Å². The van der Waals surface area contributed by atoms with E-state index in [4.69, 9.17) is 4.74 Å². The smallest absolute Gasteiger partial charge is 0.200 e. The van der Waals surface area contributed by atoms with E-state index in [0.29, 0.717) is 6.04 Å². The minimum absolute atomic E-state index is 0.0502. The van der Waals surface area contributed by atoms with Crippen LogP contribution in [0.25, 0.3) is 0 Å². The molecule has 2 bridgehead atoms. The molecule has 1 aromatic carbocycles. The summed E-state index contributed by atoms with van der Waals surface area (Å²) in [4.78, 5) is 5.18. The summed E-state index contributed by atoms with van der Waals surface area (Å²) in [5, 5.41) is 4.38. The highest BCUT2D eigenvalue weighted by Crippen LogP contribution is 2.48. The number of nitrogens with zero attached hydrogens (tertiary/aromatic N) is 2. The maximum absolute atomic E-state index is 6.34. The van der Waals surface area contributed by atoms with Crippen LogP contribution in [0, 0.1) is 5.92 Å². The zero-order valence-corrected chi connectivity index (χ0v) is 13.3. The zero-order chi connectivity index (χ0) is 14.5. The van der Waals surface area contributed by atoms with Gasteiger partial charge in [-0.3, -0.25) is 0 Å². The van der Waals surface area contributed by atoms with E-state index >= 15 is 0 Å². The standard InChI is InChI=1S/C18H20N2OS/c1-2-4-17-15(3-1)20(18(21-17)14-7-10-22-12-14)16-11-19-8-5-13(16)6-9-19/h1-4,7,10,12-13,16,18H,5-6,8-9,11H2/t16?,18-/m0/s1. The Balaban J connectivity index is 1.57. The van der Waals surface area contributed by atoms with Gasteiger partial charge in [0.1, 0.15) is 5.75 Å². The lowest BCUT2D eigenvalue weighted by molar-refractivity contribution is 0.0700. The van der Waals surface area contributed by atoms with Gasteiger partial charge in [0.25, 0.3) is 0 Å². The lowest BCUT2D eigenvalue weighted by Gasteiger charge is -2.49. The van der Waals surface area contributed by atoms with Crippen LogP contribution in [0.2, 0.25) is 0 Å². The Morgan fingerprint density at radius 1 is 1.09 bits per heavy atom. The minimum Gasteiger partial charge on any atom is -0.464 e. The molecule has 5 heterocycles. The van der Waals surface area contributed by atoms with Gasteiger partial charge in [-0.25, -0.2) is 0 Å². The molecule has 4 heteroatoms. The van der Waals surface area contributed by atoms with Crippen molar-refractivity contribution in [1.82, 2.24) is 4.90 Å². The molecule has 2 atom stereocenters. The van der Waals surface area contributed by atoms with Crippen molar-refractivity contribution >= 4 is 17.0 Å². The Labute approximate surface area is 135 Å². The van der Waals surface area contributed by atoms with Crippen LogP contribution in [0.3, 0.4) is 0 Å². The van der Waals surface area contributed by atoms with Crippen molar-refractivity contribution in [3.05, 3.63) is 46.7 Å². The third-order valence-electron chi connectivity index (χ3n) is 5.44. The molecule has 22 heavy (non-hydrogen) atoms. The number of anilines is 1. The predicted molar refractivity (Wildman–Crippen MR) is 89.6 cm³/mol. The van der Waals surface area contributed by atoms with Crippen LogP contribution in [0.5, 0.6) is 5.75 Å². The first-order chi connectivity index (χ1) is 10.9. The molecule has 6 rings (SSSR count).